The van der Waals surface area contributed by atoms with Crippen molar-refractivity contribution in [1.82, 2.24) is 4.90 Å². The highest BCUT2D eigenvalue weighted by Gasteiger charge is 2.32. The van der Waals surface area contributed by atoms with Gasteiger partial charge < -0.3 is 19.1 Å². The Hall–Kier alpha value is -2.29. The van der Waals surface area contributed by atoms with Crippen LogP contribution in [-0.4, -0.2) is 34.8 Å². The van der Waals surface area contributed by atoms with Gasteiger partial charge in [0.1, 0.15) is 21.6 Å². The molecule has 9 heteroatoms. The van der Waals surface area contributed by atoms with Crippen LogP contribution in [0.4, 0.5) is 0 Å². The molecule has 1 amide bonds. The number of aliphatic carboxylic acids is 1. The SMILES string of the molecule is COc1ccc(-c2ccc(/C=C3/SC(=S)N(CC(=O)[O-])C3=O)o2)cc1Cl. The molecular formula is C17H11ClNO5S2-. The smallest absolute Gasteiger partial charge is 0.266 e. The number of rotatable bonds is 5. The third kappa shape index (κ3) is 3.77. The minimum Gasteiger partial charge on any atom is -0.548 e. The van der Waals surface area contributed by atoms with Gasteiger partial charge in [-0.15, -0.1) is 0 Å². The number of nitrogens with zero attached hydrogens (tertiary/aromatic N) is 1. The molecule has 1 aromatic carbocycles. The number of furan rings is 1. The normalized spacial score (nSPS) is 15.8. The van der Waals surface area contributed by atoms with Gasteiger partial charge in [-0.3, -0.25) is 9.69 Å². The fourth-order valence-electron chi connectivity index (χ4n) is 2.30. The first kappa shape index (κ1) is 18.5. The van der Waals surface area contributed by atoms with E-state index >= 15 is 0 Å². The number of carbonyl (C=O) groups excluding carboxylic acids is 2. The predicted molar refractivity (Wildman–Crippen MR) is 101 cm³/mol. The average Bonchev–Trinajstić information content (AvgIpc) is 3.15. The molecule has 0 N–H and O–H groups in total. The summed E-state index contributed by atoms with van der Waals surface area (Å²) in [6, 6.07) is 8.67. The van der Waals surface area contributed by atoms with Gasteiger partial charge in [-0.25, -0.2) is 0 Å². The van der Waals surface area contributed by atoms with E-state index in [1.165, 1.54) is 13.2 Å². The Balaban J connectivity index is 1.83. The van der Waals surface area contributed by atoms with Crippen molar-refractivity contribution in [3.8, 4) is 17.1 Å². The van der Waals surface area contributed by atoms with Crippen LogP contribution in [0.5, 0.6) is 5.75 Å². The second kappa shape index (κ2) is 7.53. The molecule has 1 saturated heterocycles. The number of amides is 1. The highest BCUT2D eigenvalue weighted by atomic mass is 35.5. The number of benzene rings is 1. The zero-order chi connectivity index (χ0) is 18.8. The maximum absolute atomic E-state index is 12.2. The maximum atomic E-state index is 12.2. The first-order valence-electron chi connectivity index (χ1n) is 7.28. The number of carbonyl (C=O) groups is 2. The van der Waals surface area contributed by atoms with E-state index in [-0.39, 0.29) is 9.23 Å². The molecule has 0 bridgehead atoms. The van der Waals surface area contributed by atoms with Crippen LogP contribution >= 0.6 is 35.6 Å². The van der Waals surface area contributed by atoms with E-state index in [1.807, 2.05) is 0 Å². The lowest BCUT2D eigenvalue weighted by Crippen LogP contribution is -2.40. The van der Waals surface area contributed by atoms with Crippen molar-refractivity contribution in [2.45, 2.75) is 0 Å². The number of carboxylic acids is 1. The Labute approximate surface area is 163 Å². The number of ether oxygens (including phenoxy) is 1. The molecule has 26 heavy (non-hydrogen) atoms. The predicted octanol–water partition coefficient (Wildman–Crippen LogP) is 2.56. The lowest BCUT2D eigenvalue weighted by atomic mass is 10.2. The molecule has 1 aromatic heterocycles. The fourth-order valence-corrected chi connectivity index (χ4v) is 3.79. The van der Waals surface area contributed by atoms with Crippen LogP contribution in [0.25, 0.3) is 17.4 Å². The van der Waals surface area contributed by atoms with Gasteiger partial charge in [0.05, 0.1) is 29.6 Å². The van der Waals surface area contributed by atoms with Crippen LogP contribution in [0.1, 0.15) is 5.76 Å². The molecule has 1 aliphatic rings. The molecule has 1 fully saturated rings. The highest BCUT2D eigenvalue weighted by molar-refractivity contribution is 8.26. The van der Waals surface area contributed by atoms with E-state index in [0.29, 0.717) is 22.3 Å². The maximum Gasteiger partial charge on any atom is 0.266 e. The van der Waals surface area contributed by atoms with Gasteiger partial charge in [-0.2, -0.15) is 0 Å². The van der Waals surface area contributed by atoms with E-state index in [1.54, 1.807) is 30.3 Å². The third-order valence-electron chi connectivity index (χ3n) is 3.50. The second-order valence-corrected chi connectivity index (χ2v) is 7.27. The fraction of sp³-hybridized carbons (Fsp3) is 0.118. The molecule has 3 rings (SSSR count). The van der Waals surface area contributed by atoms with Crippen LogP contribution in [-0.2, 0) is 9.59 Å². The van der Waals surface area contributed by atoms with Gasteiger partial charge >= 0.3 is 0 Å². The Morgan fingerprint density at radius 2 is 2.19 bits per heavy atom. The van der Waals surface area contributed by atoms with Crippen LogP contribution < -0.4 is 9.84 Å². The minimum absolute atomic E-state index is 0.166. The molecule has 2 aromatic rings. The van der Waals surface area contributed by atoms with Crippen molar-refractivity contribution in [2.24, 2.45) is 0 Å². The van der Waals surface area contributed by atoms with Crippen LogP contribution in [0.15, 0.2) is 39.7 Å². The van der Waals surface area contributed by atoms with E-state index in [4.69, 9.17) is 33.0 Å². The van der Waals surface area contributed by atoms with Crippen LogP contribution in [0.2, 0.25) is 5.02 Å². The molecule has 134 valence electrons. The number of halogens is 1. The highest BCUT2D eigenvalue weighted by Crippen LogP contribution is 2.34. The summed E-state index contributed by atoms with van der Waals surface area (Å²) in [6.07, 6.45) is 1.52. The summed E-state index contributed by atoms with van der Waals surface area (Å²) in [5, 5.41) is 11.2. The van der Waals surface area contributed by atoms with Crippen LogP contribution in [0.3, 0.4) is 0 Å². The van der Waals surface area contributed by atoms with Crippen molar-refractivity contribution in [1.29, 1.82) is 0 Å². The first-order valence-corrected chi connectivity index (χ1v) is 8.88. The topological polar surface area (TPSA) is 82.8 Å². The van der Waals surface area contributed by atoms with Gasteiger partial charge in [0.15, 0.2) is 0 Å². The first-order chi connectivity index (χ1) is 12.4. The summed E-state index contributed by atoms with van der Waals surface area (Å²) in [5.74, 6) is -0.320. The zero-order valence-electron chi connectivity index (χ0n) is 13.4. The van der Waals surface area contributed by atoms with Gasteiger partial charge in [-0.1, -0.05) is 35.6 Å². The molecular weight excluding hydrogens is 398 g/mol. The van der Waals surface area contributed by atoms with Gasteiger partial charge in [-0.05, 0) is 30.3 Å². The number of hydrogen-bond acceptors (Lipinski definition) is 7. The number of carboxylic acid groups (broad SMARTS) is 1. The lowest BCUT2D eigenvalue weighted by molar-refractivity contribution is -0.305. The summed E-state index contributed by atoms with van der Waals surface area (Å²) < 4.78 is 11.0. The van der Waals surface area contributed by atoms with E-state index in [2.05, 4.69) is 0 Å². The molecule has 0 aliphatic carbocycles. The molecule has 0 atom stereocenters. The van der Waals surface area contributed by atoms with Crippen molar-refractivity contribution < 1.29 is 23.8 Å². The molecule has 2 heterocycles. The summed E-state index contributed by atoms with van der Waals surface area (Å²) >= 11 is 12.2. The Bertz CT molecular complexity index is 937. The number of thiocarbonyl (C=S) groups is 1. The second-order valence-electron chi connectivity index (χ2n) is 5.19. The Morgan fingerprint density at radius 3 is 2.85 bits per heavy atom. The lowest BCUT2D eigenvalue weighted by Gasteiger charge is -2.14. The van der Waals surface area contributed by atoms with Crippen molar-refractivity contribution in [3.63, 3.8) is 0 Å². The van der Waals surface area contributed by atoms with Gasteiger partial charge in [0, 0.05) is 11.6 Å². The van der Waals surface area contributed by atoms with E-state index < -0.39 is 18.4 Å². The number of hydrogen-bond donors (Lipinski definition) is 0. The van der Waals surface area contributed by atoms with E-state index in [9.17, 15) is 14.7 Å². The summed E-state index contributed by atoms with van der Waals surface area (Å²) in [4.78, 5) is 24.2. The Kier molecular flexibility index (Phi) is 5.36. The quantitative estimate of drug-likeness (QED) is 0.555. The molecule has 1 aliphatic heterocycles. The molecule has 0 unspecified atom stereocenters. The molecule has 0 radical (unpaired) electrons. The van der Waals surface area contributed by atoms with Crippen molar-refractivity contribution in [2.75, 3.05) is 13.7 Å². The summed E-state index contributed by atoms with van der Waals surface area (Å²) in [7, 11) is 1.53. The van der Waals surface area contributed by atoms with E-state index in [0.717, 1.165) is 22.2 Å². The van der Waals surface area contributed by atoms with Crippen molar-refractivity contribution in [3.05, 3.63) is 46.0 Å². The molecule has 0 spiro atoms. The Morgan fingerprint density at radius 1 is 1.42 bits per heavy atom. The third-order valence-corrected chi connectivity index (χ3v) is 5.17. The standard InChI is InChI=1S/C17H12ClNO5S2/c1-23-13-4-2-9(6-11(13)18)12-5-3-10(24-12)7-14-16(22)19(8-15(20)21)17(25)26-14/h2-7H,8H2,1H3,(H,20,21)/p-1/b14-7+. The van der Waals surface area contributed by atoms with Gasteiger partial charge in [0.2, 0.25) is 0 Å². The number of thioether (sulfide) groups is 1. The van der Waals surface area contributed by atoms with Gasteiger partial charge in [0.25, 0.3) is 5.91 Å². The average molecular weight is 409 g/mol. The largest absolute Gasteiger partial charge is 0.548 e. The van der Waals surface area contributed by atoms with Crippen LogP contribution in [0, 0.1) is 0 Å². The monoisotopic (exact) mass is 408 g/mol. The summed E-state index contributed by atoms with van der Waals surface area (Å²) in [5.41, 5.74) is 0.750. The summed E-state index contributed by atoms with van der Waals surface area (Å²) in [6.45, 7) is -0.574. The minimum atomic E-state index is -1.38. The molecule has 0 saturated carbocycles. The number of methoxy groups -OCH3 is 1. The molecule has 6 nitrogen and oxygen atoms in total. The van der Waals surface area contributed by atoms with Crippen molar-refractivity contribution >= 4 is 57.9 Å². The zero-order valence-corrected chi connectivity index (χ0v) is 15.7.